The summed E-state index contributed by atoms with van der Waals surface area (Å²) in [4.78, 5) is 0.982. The molecule has 1 aromatic carbocycles. The molecule has 0 unspecified atom stereocenters. The third kappa shape index (κ3) is 2.47. The van der Waals surface area contributed by atoms with Gasteiger partial charge < -0.3 is 15.9 Å². The Morgan fingerprint density at radius 1 is 1.19 bits per heavy atom. The molecule has 0 amide bonds. The molecular formula is C11H12ClNO2S. The zero-order valence-electron chi connectivity index (χ0n) is 8.33. The average molecular weight is 258 g/mol. The quantitative estimate of drug-likeness (QED) is 0.775. The van der Waals surface area contributed by atoms with Crippen LogP contribution in [0.15, 0.2) is 35.7 Å². The molecule has 3 nitrogen and oxygen atoms in total. The molecule has 0 aliphatic carbocycles. The Kier molecular flexibility index (Phi) is 4.18. The highest BCUT2D eigenvalue weighted by Gasteiger charge is 2.13. The Morgan fingerprint density at radius 3 is 2.50 bits per heavy atom. The van der Waals surface area contributed by atoms with Crippen LogP contribution in [0, 0.1) is 0 Å². The third-order valence-electron chi connectivity index (χ3n) is 2.20. The first-order chi connectivity index (χ1) is 7.18. The van der Waals surface area contributed by atoms with Crippen molar-refractivity contribution in [1.29, 1.82) is 0 Å². The lowest BCUT2D eigenvalue weighted by molar-refractivity contribution is 0.444. The second kappa shape index (κ2) is 5.21. The fraction of sp³-hybridized carbons (Fsp3) is 0.0909. The van der Waals surface area contributed by atoms with E-state index in [2.05, 4.69) is 0 Å². The van der Waals surface area contributed by atoms with Gasteiger partial charge in [-0.2, -0.15) is 0 Å². The molecule has 0 bridgehead atoms. The fourth-order valence-corrected chi connectivity index (χ4v) is 2.16. The number of hydrogen-bond donors (Lipinski definition) is 3. The van der Waals surface area contributed by atoms with Gasteiger partial charge in [-0.05, 0) is 23.6 Å². The van der Waals surface area contributed by atoms with Gasteiger partial charge >= 0.3 is 0 Å². The number of halogens is 1. The van der Waals surface area contributed by atoms with Crippen molar-refractivity contribution in [2.75, 3.05) is 0 Å². The molecule has 5 heteroatoms. The van der Waals surface area contributed by atoms with Gasteiger partial charge in [0.1, 0.15) is 11.5 Å². The van der Waals surface area contributed by atoms with Crippen molar-refractivity contribution in [3.05, 3.63) is 46.2 Å². The third-order valence-corrected chi connectivity index (χ3v) is 3.15. The molecule has 2 aromatic rings. The van der Waals surface area contributed by atoms with E-state index in [0.29, 0.717) is 5.56 Å². The monoisotopic (exact) mass is 257 g/mol. The summed E-state index contributed by atoms with van der Waals surface area (Å²) in [5.41, 5.74) is 6.60. The predicted molar refractivity (Wildman–Crippen MR) is 67.4 cm³/mol. The van der Waals surface area contributed by atoms with Crippen LogP contribution in [0.4, 0.5) is 0 Å². The summed E-state index contributed by atoms with van der Waals surface area (Å²) in [6.45, 7) is 0. The molecule has 0 saturated carbocycles. The Bertz CT molecular complexity index is 459. The van der Waals surface area contributed by atoms with Crippen LogP contribution in [0.1, 0.15) is 16.5 Å². The molecule has 0 aliphatic heterocycles. The van der Waals surface area contributed by atoms with E-state index in [4.69, 9.17) is 10.8 Å². The molecule has 2 rings (SSSR count). The number of benzene rings is 1. The minimum absolute atomic E-state index is 0. The summed E-state index contributed by atoms with van der Waals surface area (Å²) in [5, 5.41) is 20.7. The first-order valence-corrected chi connectivity index (χ1v) is 5.37. The maximum atomic E-state index is 9.63. The molecule has 0 aliphatic rings. The van der Waals surface area contributed by atoms with Gasteiger partial charge in [0.15, 0.2) is 0 Å². The predicted octanol–water partition coefficient (Wildman–Crippen LogP) is 2.63. The minimum atomic E-state index is -0.342. The Morgan fingerprint density at radius 2 is 1.94 bits per heavy atom. The van der Waals surface area contributed by atoms with Crippen LogP contribution in [0.5, 0.6) is 11.5 Å². The Labute approximate surface area is 104 Å². The highest BCUT2D eigenvalue weighted by molar-refractivity contribution is 7.10. The van der Waals surface area contributed by atoms with Gasteiger partial charge in [0.25, 0.3) is 0 Å². The van der Waals surface area contributed by atoms with Gasteiger partial charge in [-0.15, -0.1) is 23.7 Å². The van der Waals surface area contributed by atoms with Gasteiger partial charge in [-0.25, -0.2) is 0 Å². The standard InChI is InChI=1S/C11H11NO2S.ClH/c12-11(10-2-1-5-15-10)8-4-3-7(13)6-9(8)14;/h1-6,11,13-14H,12H2;1H/t11-;/m1./s1. The number of phenolic OH excluding ortho intramolecular Hbond substituents is 2. The number of hydrogen-bond acceptors (Lipinski definition) is 4. The van der Waals surface area contributed by atoms with Crippen molar-refractivity contribution in [2.45, 2.75) is 6.04 Å². The normalized spacial score (nSPS) is 11.8. The second-order valence-electron chi connectivity index (χ2n) is 3.24. The van der Waals surface area contributed by atoms with Crippen molar-refractivity contribution in [1.82, 2.24) is 0 Å². The zero-order chi connectivity index (χ0) is 10.8. The van der Waals surface area contributed by atoms with Gasteiger partial charge in [-0.3, -0.25) is 0 Å². The summed E-state index contributed by atoms with van der Waals surface area (Å²) < 4.78 is 0. The first kappa shape index (κ1) is 12.8. The van der Waals surface area contributed by atoms with Crippen molar-refractivity contribution < 1.29 is 10.2 Å². The molecule has 1 atom stereocenters. The molecule has 4 N–H and O–H groups in total. The molecule has 0 saturated heterocycles. The number of rotatable bonds is 2. The molecule has 0 spiro atoms. The van der Waals surface area contributed by atoms with Crippen LogP contribution in [-0.2, 0) is 0 Å². The highest BCUT2D eigenvalue weighted by Crippen LogP contribution is 2.31. The molecular weight excluding hydrogens is 246 g/mol. The van der Waals surface area contributed by atoms with Crippen LogP contribution in [0.25, 0.3) is 0 Å². The smallest absolute Gasteiger partial charge is 0.124 e. The van der Waals surface area contributed by atoms with E-state index < -0.39 is 0 Å². The van der Waals surface area contributed by atoms with Crippen LogP contribution in [0.3, 0.4) is 0 Å². The van der Waals surface area contributed by atoms with Gasteiger partial charge in [0, 0.05) is 16.5 Å². The molecule has 0 radical (unpaired) electrons. The van der Waals surface area contributed by atoms with E-state index in [0.717, 1.165) is 4.88 Å². The summed E-state index contributed by atoms with van der Waals surface area (Å²) >= 11 is 1.54. The van der Waals surface area contributed by atoms with Gasteiger partial charge in [-0.1, -0.05) is 6.07 Å². The molecule has 0 fully saturated rings. The number of thiophene rings is 1. The Balaban J connectivity index is 0.00000128. The average Bonchev–Trinajstić information content (AvgIpc) is 2.69. The highest BCUT2D eigenvalue weighted by atomic mass is 35.5. The largest absolute Gasteiger partial charge is 0.508 e. The molecule has 86 valence electrons. The summed E-state index contributed by atoms with van der Waals surface area (Å²) in [7, 11) is 0. The zero-order valence-corrected chi connectivity index (χ0v) is 9.96. The number of aromatic hydroxyl groups is 2. The van der Waals surface area contributed by atoms with E-state index in [1.54, 1.807) is 17.4 Å². The van der Waals surface area contributed by atoms with Crippen LogP contribution >= 0.6 is 23.7 Å². The number of nitrogens with two attached hydrogens (primary N) is 1. The maximum absolute atomic E-state index is 9.63. The minimum Gasteiger partial charge on any atom is -0.508 e. The second-order valence-corrected chi connectivity index (χ2v) is 4.22. The lowest BCUT2D eigenvalue weighted by Crippen LogP contribution is -2.10. The van der Waals surface area contributed by atoms with Gasteiger partial charge in [0.2, 0.25) is 0 Å². The van der Waals surface area contributed by atoms with Crippen LogP contribution < -0.4 is 5.73 Å². The fourth-order valence-electron chi connectivity index (χ4n) is 1.42. The summed E-state index contributed by atoms with van der Waals surface area (Å²) in [5.74, 6) is 0.0607. The SMILES string of the molecule is Cl.N[C@@H](c1cccs1)c1ccc(O)cc1O. The van der Waals surface area contributed by atoms with E-state index in [9.17, 15) is 5.11 Å². The summed E-state index contributed by atoms with van der Waals surface area (Å²) in [6.07, 6.45) is 0. The van der Waals surface area contributed by atoms with Crippen LogP contribution in [-0.4, -0.2) is 10.2 Å². The molecule has 1 heterocycles. The first-order valence-electron chi connectivity index (χ1n) is 4.49. The lowest BCUT2D eigenvalue weighted by atomic mass is 10.1. The van der Waals surface area contributed by atoms with Crippen molar-refractivity contribution >= 4 is 23.7 Å². The molecule has 16 heavy (non-hydrogen) atoms. The van der Waals surface area contributed by atoms with E-state index >= 15 is 0 Å². The van der Waals surface area contributed by atoms with E-state index in [1.165, 1.54) is 12.1 Å². The summed E-state index contributed by atoms with van der Waals surface area (Å²) in [6, 6.07) is 7.94. The lowest BCUT2D eigenvalue weighted by Gasteiger charge is -2.11. The van der Waals surface area contributed by atoms with Crippen molar-refractivity contribution in [2.24, 2.45) is 5.73 Å². The van der Waals surface area contributed by atoms with E-state index in [1.807, 2.05) is 17.5 Å². The maximum Gasteiger partial charge on any atom is 0.124 e. The molecule has 1 aromatic heterocycles. The Hall–Kier alpha value is -1.23. The van der Waals surface area contributed by atoms with Crippen molar-refractivity contribution in [3.8, 4) is 11.5 Å². The van der Waals surface area contributed by atoms with Crippen molar-refractivity contribution in [3.63, 3.8) is 0 Å². The van der Waals surface area contributed by atoms with E-state index in [-0.39, 0.29) is 29.9 Å². The van der Waals surface area contributed by atoms with Crippen LogP contribution in [0.2, 0.25) is 0 Å². The topological polar surface area (TPSA) is 66.5 Å². The van der Waals surface area contributed by atoms with Gasteiger partial charge in [0.05, 0.1) is 6.04 Å². The number of phenols is 2.